The number of ether oxygens (including phenoxy) is 2. The van der Waals surface area contributed by atoms with Gasteiger partial charge in [0.25, 0.3) is 0 Å². The van der Waals surface area contributed by atoms with Crippen LogP contribution in [0.15, 0.2) is 66.0 Å². The number of anilines is 1. The third-order valence-electron chi connectivity index (χ3n) is 5.00. The summed E-state index contributed by atoms with van der Waals surface area (Å²) in [7, 11) is 1.62. The predicted molar refractivity (Wildman–Crippen MR) is 119 cm³/mol. The molecule has 156 valence electrons. The third-order valence-corrected chi connectivity index (χ3v) is 6.00. The number of thioether (sulfide) groups is 1. The maximum atomic E-state index is 12.4. The number of imidazole rings is 1. The van der Waals surface area contributed by atoms with Gasteiger partial charge in [0.2, 0.25) is 5.91 Å². The fraction of sp³-hybridized carbons (Fsp3) is 0.304. The van der Waals surface area contributed by atoms with E-state index in [1.54, 1.807) is 7.11 Å². The topological polar surface area (TPSA) is 65.4 Å². The lowest BCUT2D eigenvalue weighted by Gasteiger charge is -2.16. The molecule has 2 heterocycles. The first-order chi connectivity index (χ1) is 14.7. The lowest BCUT2D eigenvalue weighted by molar-refractivity contribution is -0.113. The van der Waals surface area contributed by atoms with Gasteiger partial charge in [-0.1, -0.05) is 42.1 Å². The quantitative estimate of drug-likeness (QED) is 0.542. The van der Waals surface area contributed by atoms with Crippen LogP contribution >= 0.6 is 11.8 Å². The highest BCUT2D eigenvalue weighted by molar-refractivity contribution is 7.99. The van der Waals surface area contributed by atoms with Crippen LogP contribution < -0.4 is 10.1 Å². The monoisotopic (exact) mass is 423 g/mol. The Balaban J connectivity index is 1.45. The van der Waals surface area contributed by atoms with Gasteiger partial charge in [-0.3, -0.25) is 4.79 Å². The van der Waals surface area contributed by atoms with Crippen LogP contribution in [0.2, 0.25) is 0 Å². The highest BCUT2D eigenvalue weighted by Crippen LogP contribution is 2.28. The molecule has 1 amide bonds. The molecule has 1 aliphatic heterocycles. The van der Waals surface area contributed by atoms with Gasteiger partial charge < -0.3 is 19.4 Å². The van der Waals surface area contributed by atoms with Crippen LogP contribution in [0.3, 0.4) is 0 Å². The first-order valence-corrected chi connectivity index (χ1v) is 11.0. The average molecular weight is 424 g/mol. The Labute approximate surface area is 180 Å². The van der Waals surface area contributed by atoms with Crippen LogP contribution in [-0.2, 0) is 16.1 Å². The van der Waals surface area contributed by atoms with Gasteiger partial charge >= 0.3 is 0 Å². The van der Waals surface area contributed by atoms with Crippen LogP contribution in [0.5, 0.6) is 5.75 Å². The van der Waals surface area contributed by atoms with Crippen molar-refractivity contribution in [2.45, 2.75) is 30.6 Å². The molecule has 4 rings (SSSR count). The number of methoxy groups -OCH3 is 1. The predicted octanol–water partition coefficient (Wildman–Crippen LogP) is 4.47. The highest BCUT2D eigenvalue weighted by Gasteiger charge is 2.21. The Kier molecular flexibility index (Phi) is 6.71. The SMILES string of the molecule is COc1ccc(NC(=O)CSc2ncc(-c3ccccc3)n2C[C@@H]2CCCO2)cc1. The van der Waals surface area contributed by atoms with E-state index in [0.717, 1.165) is 53.8 Å². The molecule has 1 fully saturated rings. The molecule has 1 N–H and O–H groups in total. The Hall–Kier alpha value is -2.77. The summed E-state index contributed by atoms with van der Waals surface area (Å²) in [5.41, 5.74) is 2.90. The van der Waals surface area contributed by atoms with Crippen molar-refractivity contribution < 1.29 is 14.3 Å². The van der Waals surface area contributed by atoms with Crippen molar-refractivity contribution in [3.8, 4) is 17.0 Å². The highest BCUT2D eigenvalue weighted by atomic mass is 32.2. The van der Waals surface area contributed by atoms with Gasteiger partial charge in [-0.2, -0.15) is 0 Å². The molecule has 7 heteroatoms. The summed E-state index contributed by atoms with van der Waals surface area (Å²) in [5, 5.41) is 3.75. The molecule has 0 aliphatic carbocycles. The second-order valence-corrected chi connectivity index (χ2v) is 8.05. The minimum absolute atomic E-state index is 0.0712. The number of hydrogen-bond donors (Lipinski definition) is 1. The fourth-order valence-electron chi connectivity index (χ4n) is 3.48. The van der Waals surface area contributed by atoms with Crippen molar-refractivity contribution in [3.05, 3.63) is 60.8 Å². The standard InChI is InChI=1S/C23H25N3O3S/c1-28-19-11-9-18(10-12-19)25-22(27)16-30-23-24-14-21(17-6-3-2-4-7-17)26(23)15-20-8-5-13-29-20/h2-4,6-7,9-12,14,20H,5,8,13,15-16H2,1H3,(H,25,27)/t20-/m0/s1. The zero-order valence-electron chi connectivity index (χ0n) is 16.9. The van der Waals surface area contributed by atoms with Crippen molar-refractivity contribution >= 4 is 23.4 Å². The van der Waals surface area contributed by atoms with E-state index in [4.69, 9.17) is 9.47 Å². The Morgan fingerprint density at radius 1 is 1.23 bits per heavy atom. The summed E-state index contributed by atoms with van der Waals surface area (Å²) >= 11 is 1.44. The number of nitrogens with one attached hydrogen (secondary N) is 1. The molecule has 1 atom stereocenters. The molecular formula is C23H25N3O3S. The Morgan fingerprint density at radius 2 is 2.03 bits per heavy atom. The lowest BCUT2D eigenvalue weighted by atomic mass is 10.1. The molecule has 2 aromatic carbocycles. The van der Waals surface area contributed by atoms with Gasteiger partial charge in [-0.15, -0.1) is 0 Å². The molecule has 0 spiro atoms. The maximum absolute atomic E-state index is 12.4. The molecule has 1 aromatic heterocycles. The van der Waals surface area contributed by atoms with Crippen molar-refractivity contribution in [3.63, 3.8) is 0 Å². The molecule has 3 aromatic rings. The maximum Gasteiger partial charge on any atom is 0.234 e. The molecule has 1 aliphatic rings. The second-order valence-electron chi connectivity index (χ2n) is 7.10. The van der Waals surface area contributed by atoms with Crippen LogP contribution in [0.4, 0.5) is 5.69 Å². The first kappa shape index (κ1) is 20.5. The van der Waals surface area contributed by atoms with E-state index in [-0.39, 0.29) is 17.8 Å². The average Bonchev–Trinajstić information content (AvgIpc) is 3.44. The summed E-state index contributed by atoms with van der Waals surface area (Å²) < 4.78 is 13.2. The molecule has 0 unspecified atom stereocenters. The van der Waals surface area contributed by atoms with Crippen molar-refractivity contribution in [1.29, 1.82) is 0 Å². The van der Waals surface area contributed by atoms with Crippen LogP contribution in [0.1, 0.15) is 12.8 Å². The number of amides is 1. The molecule has 6 nitrogen and oxygen atoms in total. The van der Waals surface area contributed by atoms with E-state index in [1.807, 2.05) is 48.7 Å². The summed E-state index contributed by atoms with van der Waals surface area (Å²) in [5.74, 6) is 0.966. The summed E-state index contributed by atoms with van der Waals surface area (Å²) in [6, 6.07) is 17.5. The van der Waals surface area contributed by atoms with Gasteiger partial charge in [0.05, 0.1) is 37.4 Å². The first-order valence-electron chi connectivity index (χ1n) is 10.0. The van der Waals surface area contributed by atoms with Gasteiger partial charge in [-0.25, -0.2) is 4.98 Å². The number of carbonyl (C=O) groups is 1. The normalized spacial score (nSPS) is 15.8. The van der Waals surface area contributed by atoms with E-state index in [2.05, 4.69) is 27.0 Å². The molecular weight excluding hydrogens is 398 g/mol. The summed E-state index contributed by atoms with van der Waals surface area (Å²) in [4.78, 5) is 17.1. The van der Waals surface area contributed by atoms with E-state index in [1.165, 1.54) is 11.8 Å². The number of carbonyl (C=O) groups excluding carboxylic acids is 1. The summed E-state index contributed by atoms with van der Waals surface area (Å²) in [6.45, 7) is 1.55. The Bertz CT molecular complexity index is 967. The van der Waals surface area contributed by atoms with Crippen LogP contribution in [0, 0.1) is 0 Å². The Morgan fingerprint density at radius 3 is 2.73 bits per heavy atom. The number of aromatic nitrogens is 2. The van der Waals surface area contributed by atoms with Crippen molar-refractivity contribution in [2.24, 2.45) is 0 Å². The van der Waals surface area contributed by atoms with Crippen LogP contribution in [-0.4, -0.2) is 41.0 Å². The summed E-state index contributed by atoms with van der Waals surface area (Å²) in [6.07, 6.45) is 4.21. The van der Waals surface area contributed by atoms with E-state index >= 15 is 0 Å². The number of benzene rings is 2. The second kappa shape index (κ2) is 9.82. The van der Waals surface area contributed by atoms with Gasteiger partial charge in [-0.05, 0) is 42.7 Å². The van der Waals surface area contributed by atoms with E-state index < -0.39 is 0 Å². The largest absolute Gasteiger partial charge is 0.497 e. The zero-order chi connectivity index (χ0) is 20.8. The van der Waals surface area contributed by atoms with E-state index in [9.17, 15) is 4.79 Å². The van der Waals surface area contributed by atoms with Gasteiger partial charge in [0.1, 0.15) is 5.75 Å². The number of hydrogen-bond acceptors (Lipinski definition) is 5. The molecule has 0 bridgehead atoms. The third kappa shape index (κ3) is 5.04. The molecule has 30 heavy (non-hydrogen) atoms. The minimum atomic E-state index is -0.0712. The van der Waals surface area contributed by atoms with Crippen molar-refractivity contribution in [1.82, 2.24) is 9.55 Å². The van der Waals surface area contributed by atoms with Gasteiger partial charge in [0, 0.05) is 12.3 Å². The van der Waals surface area contributed by atoms with Crippen molar-refractivity contribution in [2.75, 3.05) is 24.8 Å². The molecule has 0 radical (unpaired) electrons. The van der Waals surface area contributed by atoms with E-state index in [0.29, 0.717) is 0 Å². The fourth-order valence-corrected chi connectivity index (χ4v) is 4.27. The smallest absolute Gasteiger partial charge is 0.234 e. The molecule has 0 saturated carbocycles. The zero-order valence-corrected chi connectivity index (χ0v) is 17.7. The number of rotatable bonds is 8. The lowest BCUT2D eigenvalue weighted by Crippen LogP contribution is -2.18. The van der Waals surface area contributed by atoms with Gasteiger partial charge in [0.15, 0.2) is 5.16 Å². The van der Waals surface area contributed by atoms with Crippen LogP contribution in [0.25, 0.3) is 11.3 Å². The minimum Gasteiger partial charge on any atom is -0.497 e. The molecule has 1 saturated heterocycles. The number of nitrogens with zero attached hydrogens (tertiary/aromatic N) is 2.